The molecule has 0 unspecified atom stereocenters. The maximum Gasteiger partial charge on any atom is 0.205 e. The van der Waals surface area contributed by atoms with Crippen molar-refractivity contribution in [2.24, 2.45) is 0 Å². The maximum absolute atomic E-state index is 4.15. The second kappa shape index (κ2) is 7.93. The van der Waals surface area contributed by atoms with Crippen molar-refractivity contribution in [1.29, 1.82) is 0 Å². The monoisotopic (exact) mass is 245 g/mol. The molecule has 0 radical (unpaired) electrons. The molecule has 86 valence electrons. The van der Waals surface area contributed by atoms with Gasteiger partial charge >= 0.3 is 0 Å². The summed E-state index contributed by atoms with van der Waals surface area (Å²) in [6.45, 7) is 5.35. The van der Waals surface area contributed by atoms with Gasteiger partial charge in [-0.3, -0.25) is 0 Å². The van der Waals surface area contributed by atoms with Crippen LogP contribution in [0.3, 0.4) is 0 Å². The molecule has 0 aromatic carbocycles. The van der Waals surface area contributed by atoms with Crippen molar-refractivity contribution in [3.8, 4) is 0 Å². The number of anilines is 1. The first-order valence-electron chi connectivity index (χ1n) is 5.50. The van der Waals surface area contributed by atoms with Crippen molar-refractivity contribution in [3.05, 3.63) is 5.01 Å². The average Bonchev–Trinajstić information content (AvgIpc) is 2.69. The van der Waals surface area contributed by atoms with Crippen LogP contribution in [0.4, 0.5) is 5.13 Å². The van der Waals surface area contributed by atoms with Gasteiger partial charge in [-0.2, -0.15) is 11.8 Å². The van der Waals surface area contributed by atoms with Crippen molar-refractivity contribution >= 4 is 28.2 Å². The zero-order valence-corrected chi connectivity index (χ0v) is 11.1. The van der Waals surface area contributed by atoms with Gasteiger partial charge in [0.25, 0.3) is 0 Å². The Morgan fingerprint density at radius 3 is 2.87 bits per heavy atom. The zero-order valence-electron chi connectivity index (χ0n) is 9.45. The predicted molar refractivity (Wildman–Crippen MR) is 69.8 cm³/mol. The number of thioether (sulfide) groups is 1. The molecule has 0 amide bonds. The molecule has 5 heteroatoms. The Labute approximate surface area is 100 Å². The summed E-state index contributed by atoms with van der Waals surface area (Å²) in [5, 5.41) is 13.6. The van der Waals surface area contributed by atoms with Crippen LogP contribution >= 0.6 is 23.1 Å². The van der Waals surface area contributed by atoms with E-state index in [1.54, 1.807) is 11.3 Å². The Kier molecular flexibility index (Phi) is 6.76. The summed E-state index contributed by atoms with van der Waals surface area (Å²) in [6, 6.07) is 0. The lowest BCUT2D eigenvalue weighted by Gasteiger charge is -1.96. The van der Waals surface area contributed by atoms with Crippen molar-refractivity contribution < 1.29 is 0 Å². The molecule has 1 heterocycles. The third-order valence-corrected chi connectivity index (χ3v) is 3.98. The first-order valence-corrected chi connectivity index (χ1v) is 7.48. The number of aromatic nitrogens is 2. The minimum absolute atomic E-state index is 0.961. The number of nitrogens with one attached hydrogen (secondary N) is 1. The molecule has 1 N–H and O–H groups in total. The maximum atomic E-state index is 4.15. The lowest BCUT2D eigenvalue weighted by molar-refractivity contribution is 0.895. The number of hydrogen-bond donors (Lipinski definition) is 1. The Morgan fingerprint density at radius 2 is 2.13 bits per heavy atom. The molecule has 15 heavy (non-hydrogen) atoms. The molecule has 1 rings (SSSR count). The fourth-order valence-corrected chi connectivity index (χ4v) is 2.94. The molecule has 1 aromatic rings. The van der Waals surface area contributed by atoms with Crippen molar-refractivity contribution in [2.45, 2.75) is 38.9 Å². The van der Waals surface area contributed by atoms with E-state index in [0.717, 1.165) is 28.9 Å². The van der Waals surface area contributed by atoms with Crippen molar-refractivity contribution in [2.75, 3.05) is 17.6 Å². The molecule has 0 fully saturated rings. The normalized spacial score (nSPS) is 10.5. The van der Waals surface area contributed by atoms with Crippen molar-refractivity contribution in [1.82, 2.24) is 10.2 Å². The number of hydrogen-bond acceptors (Lipinski definition) is 5. The molecule has 0 aliphatic carbocycles. The lowest BCUT2D eigenvalue weighted by atomic mass is 10.4. The smallest absolute Gasteiger partial charge is 0.205 e. The highest BCUT2D eigenvalue weighted by Gasteiger charge is 2.02. The van der Waals surface area contributed by atoms with Crippen LogP contribution in [0.15, 0.2) is 0 Å². The van der Waals surface area contributed by atoms with Crippen LogP contribution < -0.4 is 5.32 Å². The minimum Gasteiger partial charge on any atom is -0.360 e. The molecule has 0 saturated carbocycles. The summed E-state index contributed by atoms with van der Waals surface area (Å²) in [7, 11) is 0. The average molecular weight is 245 g/mol. The number of unbranched alkanes of at least 4 members (excludes halogenated alkanes) is 1. The van der Waals surface area contributed by atoms with E-state index in [1.165, 1.54) is 18.6 Å². The minimum atomic E-state index is 0.961. The van der Waals surface area contributed by atoms with Gasteiger partial charge in [-0.25, -0.2) is 0 Å². The van der Waals surface area contributed by atoms with Crippen LogP contribution in [-0.4, -0.2) is 22.5 Å². The SMILES string of the molecule is CCCCSCc1nnc(NCCC)s1. The van der Waals surface area contributed by atoms with E-state index in [0.29, 0.717) is 0 Å². The van der Waals surface area contributed by atoms with Gasteiger partial charge in [-0.15, -0.1) is 10.2 Å². The highest BCUT2D eigenvalue weighted by Crippen LogP contribution is 2.20. The first-order chi connectivity index (χ1) is 7.36. The quantitative estimate of drug-likeness (QED) is 0.712. The van der Waals surface area contributed by atoms with Crippen LogP contribution in [0.2, 0.25) is 0 Å². The molecule has 0 aliphatic heterocycles. The van der Waals surface area contributed by atoms with E-state index in [4.69, 9.17) is 0 Å². The molecule has 0 saturated heterocycles. The summed E-state index contributed by atoms with van der Waals surface area (Å²) in [6.07, 6.45) is 3.69. The van der Waals surface area contributed by atoms with Gasteiger partial charge < -0.3 is 5.32 Å². The number of nitrogens with zero attached hydrogens (tertiary/aromatic N) is 2. The third kappa shape index (κ3) is 5.37. The molecule has 1 aromatic heterocycles. The highest BCUT2D eigenvalue weighted by molar-refractivity contribution is 7.98. The number of rotatable bonds is 8. The Hall–Kier alpha value is -0.290. The van der Waals surface area contributed by atoms with Gasteiger partial charge in [0.2, 0.25) is 5.13 Å². The van der Waals surface area contributed by atoms with Gasteiger partial charge in [0, 0.05) is 12.3 Å². The van der Waals surface area contributed by atoms with E-state index in [1.807, 2.05) is 11.8 Å². The topological polar surface area (TPSA) is 37.8 Å². The Morgan fingerprint density at radius 1 is 1.27 bits per heavy atom. The lowest BCUT2D eigenvalue weighted by Crippen LogP contribution is -1.98. The third-order valence-electron chi connectivity index (χ3n) is 1.86. The second-order valence-corrected chi connectivity index (χ2v) is 5.50. The summed E-state index contributed by atoms with van der Waals surface area (Å²) < 4.78 is 0. The highest BCUT2D eigenvalue weighted by atomic mass is 32.2. The van der Waals surface area contributed by atoms with Gasteiger partial charge in [-0.1, -0.05) is 31.6 Å². The first kappa shape index (κ1) is 12.8. The van der Waals surface area contributed by atoms with Crippen LogP contribution in [0.5, 0.6) is 0 Å². The van der Waals surface area contributed by atoms with E-state index >= 15 is 0 Å². The van der Waals surface area contributed by atoms with Crippen LogP contribution in [-0.2, 0) is 5.75 Å². The van der Waals surface area contributed by atoms with Gasteiger partial charge in [0.15, 0.2) is 0 Å². The van der Waals surface area contributed by atoms with Crippen LogP contribution in [0.25, 0.3) is 0 Å². The summed E-state index contributed by atoms with van der Waals surface area (Å²) in [4.78, 5) is 0. The van der Waals surface area contributed by atoms with E-state index in [-0.39, 0.29) is 0 Å². The van der Waals surface area contributed by atoms with E-state index in [2.05, 4.69) is 29.4 Å². The predicted octanol–water partition coefficient (Wildman–Crippen LogP) is 3.39. The Bertz CT molecular complexity index is 263. The zero-order chi connectivity index (χ0) is 10.9. The van der Waals surface area contributed by atoms with Gasteiger partial charge in [0.1, 0.15) is 5.01 Å². The van der Waals surface area contributed by atoms with Crippen LogP contribution in [0.1, 0.15) is 38.1 Å². The fraction of sp³-hybridized carbons (Fsp3) is 0.800. The molecule has 0 bridgehead atoms. The molecular formula is C10H19N3S2. The molecule has 3 nitrogen and oxygen atoms in total. The molecule has 0 spiro atoms. The standard InChI is InChI=1S/C10H19N3S2/c1-3-5-7-14-8-9-12-13-10(15-9)11-6-4-2/h3-8H2,1-2H3,(H,11,13). The molecule has 0 atom stereocenters. The van der Waals surface area contributed by atoms with Gasteiger partial charge in [-0.05, 0) is 18.6 Å². The largest absolute Gasteiger partial charge is 0.360 e. The summed E-state index contributed by atoms with van der Waals surface area (Å²) in [5.74, 6) is 2.24. The summed E-state index contributed by atoms with van der Waals surface area (Å²) >= 11 is 3.62. The van der Waals surface area contributed by atoms with Crippen molar-refractivity contribution in [3.63, 3.8) is 0 Å². The van der Waals surface area contributed by atoms with Gasteiger partial charge in [0.05, 0.1) is 0 Å². The Balaban J connectivity index is 2.20. The van der Waals surface area contributed by atoms with E-state index < -0.39 is 0 Å². The molecular weight excluding hydrogens is 226 g/mol. The second-order valence-electron chi connectivity index (χ2n) is 3.33. The van der Waals surface area contributed by atoms with Crippen LogP contribution in [0, 0.1) is 0 Å². The summed E-state index contributed by atoms with van der Waals surface area (Å²) in [5.41, 5.74) is 0. The fourth-order valence-electron chi connectivity index (χ4n) is 1.02. The molecule has 0 aliphatic rings. The van der Waals surface area contributed by atoms with E-state index in [9.17, 15) is 0 Å².